The Hall–Kier alpha value is -1.96. The number of aromatic hydroxyl groups is 2. The van der Waals surface area contributed by atoms with Gasteiger partial charge >= 0.3 is 0 Å². The first-order chi connectivity index (χ1) is 11.2. The molecule has 2 rings (SSSR count). The molecule has 2 aromatic rings. The normalized spacial score (nSPS) is 12.2. The summed E-state index contributed by atoms with van der Waals surface area (Å²) in [7, 11) is 0. The van der Waals surface area contributed by atoms with E-state index in [1.807, 2.05) is 24.3 Å². The Morgan fingerprint density at radius 2 is 1.30 bits per heavy atom. The summed E-state index contributed by atoms with van der Waals surface area (Å²) in [5.41, 5.74) is 2.53. The maximum absolute atomic E-state index is 9.50. The van der Waals surface area contributed by atoms with Crippen LogP contribution in [0.25, 0.3) is 0 Å². The average Bonchev–Trinajstić information content (AvgIpc) is 2.56. The standard InChI is InChI=1S/C21H28O2/c1-2-3-4-5-6-7-19(18-10-14-21(23)15-11-18)16-17-8-12-20(22)13-9-17/h8-15,19,22-23H,2-7,16H2,1H3. The van der Waals surface area contributed by atoms with Crippen molar-refractivity contribution < 1.29 is 10.2 Å². The van der Waals surface area contributed by atoms with Crippen molar-refractivity contribution in [3.63, 3.8) is 0 Å². The van der Waals surface area contributed by atoms with Gasteiger partial charge in [-0.1, -0.05) is 63.3 Å². The molecule has 0 heterocycles. The van der Waals surface area contributed by atoms with Gasteiger partial charge in [0.1, 0.15) is 11.5 Å². The predicted octanol–water partition coefficient (Wildman–Crippen LogP) is 5.78. The third kappa shape index (κ3) is 5.97. The van der Waals surface area contributed by atoms with E-state index >= 15 is 0 Å². The van der Waals surface area contributed by atoms with Crippen LogP contribution < -0.4 is 0 Å². The van der Waals surface area contributed by atoms with E-state index in [1.165, 1.54) is 43.2 Å². The van der Waals surface area contributed by atoms with Crippen LogP contribution >= 0.6 is 0 Å². The second kappa shape index (κ2) is 9.24. The number of phenols is 2. The monoisotopic (exact) mass is 312 g/mol. The third-order valence-electron chi connectivity index (χ3n) is 4.44. The summed E-state index contributed by atoms with van der Waals surface area (Å²) in [4.78, 5) is 0. The van der Waals surface area contributed by atoms with Gasteiger partial charge < -0.3 is 10.2 Å². The van der Waals surface area contributed by atoms with Crippen LogP contribution in [-0.2, 0) is 6.42 Å². The lowest BCUT2D eigenvalue weighted by Crippen LogP contribution is -2.03. The summed E-state index contributed by atoms with van der Waals surface area (Å²) < 4.78 is 0. The molecule has 0 fully saturated rings. The third-order valence-corrected chi connectivity index (χ3v) is 4.44. The fourth-order valence-corrected chi connectivity index (χ4v) is 3.04. The van der Waals surface area contributed by atoms with Crippen LogP contribution in [0.3, 0.4) is 0 Å². The molecule has 2 nitrogen and oxygen atoms in total. The highest BCUT2D eigenvalue weighted by Gasteiger charge is 2.12. The summed E-state index contributed by atoms with van der Waals surface area (Å²) in [6.07, 6.45) is 8.57. The van der Waals surface area contributed by atoms with Crippen molar-refractivity contribution in [2.24, 2.45) is 0 Å². The zero-order chi connectivity index (χ0) is 16.5. The largest absolute Gasteiger partial charge is 0.508 e. The first kappa shape index (κ1) is 17.4. The zero-order valence-corrected chi connectivity index (χ0v) is 14.0. The molecule has 0 saturated heterocycles. The van der Waals surface area contributed by atoms with Gasteiger partial charge in [-0.3, -0.25) is 0 Å². The molecule has 2 aromatic carbocycles. The van der Waals surface area contributed by atoms with Crippen molar-refractivity contribution in [2.75, 3.05) is 0 Å². The Morgan fingerprint density at radius 1 is 0.739 bits per heavy atom. The van der Waals surface area contributed by atoms with E-state index in [4.69, 9.17) is 0 Å². The molecule has 0 bridgehead atoms. The highest BCUT2D eigenvalue weighted by atomic mass is 16.3. The van der Waals surface area contributed by atoms with E-state index in [-0.39, 0.29) is 0 Å². The van der Waals surface area contributed by atoms with Gasteiger partial charge in [-0.05, 0) is 54.2 Å². The number of rotatable bonds is 9. The molecule has 0 radical (unpaired) electrons. The van der Waals surface area contributed by atoms with Crippen molar-refractivity contribution in [3.05, 3.63) is 59.7 Å². The molecule has 1 unspecified atom stereocenters. The van der Waals surface area contributed by atoms with E-state index in [9.17, 15) is 10.2 Å². The van der Waals surface area contributed by atoms with E-state index in [1.54, 1.807) is 24.3 Å². The van der Waals surface area contributed by atoms with Crippen LogP contribution in [0.4, 0.5) is 0 Å². The van der Waals surface area contributed by atoms with Gasteiger partial charge in [0.15, 0.2) is 0 Å². The van der Waals surface area contributed by atoms with Crippen LogP contribution in [-0.4, -0.2) is 10.2 Å². The summed E-state index contributed by atoms with van der Waals surface area (Å²) in [6.45, 7) is 2.24. The molecule has 0 aliphatic carbocycles. The van der Waals surface area contributed by atoms with Gasteiger partial charge in [-0.15, -0.1) is 0 Å². The molecule has 0 aliphatic heterocycles. The van der Waals surface area contributed by atoms with Crippen molar-refractivity contribution in [3.8, 4) is 11.5 Å². The lowest BCUT2D eigenvalue weighted by molar-refractivity contribution is 0.473. The van der Waals surface area contributed by atoms with Crippen molar-refractivity contribution in [1.82, 2.24) is 0 Å². The summed E-state index contributed by atoms with van der Waals surface area (Å²) in [5, 5.41) is 18.9. The highest BCUT2D eigenvalue weighted by Crippen LogP contribution is 2.28. The lowest BCUT2D eigenvalue weighted by Gasteiger charge is -2.18. The van der Waals surface area contributed by atoms with Crippen LogP contribution in [0, 0.1) is 0 Å². The summed E-state index contributed by atoms with van der Waals surface area (Å²) in [5.74, 6) is 1.09. The summed E-state index contributed by atoms with van der Waals surface area (Å²) >= 11 is 0. The molecule has 1 atom stereocenters. The first-order valence-corrected chi connectivity index (χ1v) is 8.76. The van der Waals surface area contributed by atoms with Crippen molar-refractivity contribution in [2.45, 2.75) is 57.8 Å². The van der Waals surface area contributed by atoms with Crippen LogP contribution in [0.2, 0.25) is 0 Å². The Bertz CT molecular complexity index is 557. The molecular weight excluding hydrogens is 284 g/mol. The molecule has 0 aliphatic rings. The van der Waals surface area contributed by atoms with Gasteiger partial charge in [0.05, 0.1) is 0 Å². The predicted molar refractivity (Wildman–Crippen MR) is 96.0 cm³/mol. The Kier molecular flexibility index (Phi) is 6.99. The molecule has 2 heteroatoms. The smallest absolute Gasteiger partial charge is 0.115 e. The summed E-state index contributed by atoms with van der Waals surface area (Å²) in [6, 6.07) is 15.1. The zero-order valence-electron chi connectivity index (χ0n) is 14.0. The number of benzene rings is 2. The maximum Gasteiger partial charge on any atom is 0.115 e. The fraction of sp³-hybridized carbons (Fsp3) is 0.429. The molecular formula is C21H28O2. The number of hydrogen-bond acceptors (Lipinski definition) is 2. The number of unbranched alkanes of at least 4 members (excludes halogenated alkanes) is 4. The van der Waals surface area contributed by atoms with Crippen LogP contribution in [0.15, 0.2) is 48.5 Å². The second-order valence-corrected chi connectivity index (χ2v) is 6.36. The SMILES string of the molecule is CCCCCCCC(Cc1ccc(O)cc1)c1ccc(O)cc1. The van der Waals surface area contributed by atoms with Crippen LogP contribution in [0.1, 0.15) is 62.5 Å². The second-order valence-electron chi connectivity index (χ2n) is 6.36. The number of phenolic OH excluding ortho intramolecular Hbond substituents is 2. The van der Waals surface area contributed by atoms with Gasteiger partial charge in [0.2, 0.25) is 0 Å². The molecule has 23 heavy (non-hydrogen) atoms. The van der Waals surface area contributed by atoms with Gasteiger partial charge in [0.25, 0.3) is 0 Å². The van der Waals surface area contributed by atoms with E-state index in [2.05, 4.69) is 6.92 Å². The quantitative estimate of drug-likeness (QED) is 0.576. The number of hydrogen-bond donors (Lipinski definition) is 2. The highest BCUT2D eigenvalue weighted by molar-refractivity contribution is 5.31. The van der Waals surface area contributed by atoms with Gasteiger partial charge in [-0.2, -0.15) is 0 Å². The van der Waals surface area contributed by atoms with E-state index in [0.717, 1.165) is 12.8 Å². The van der Waals surface area contributed by atoms with Gasteiger partial charge in [-0.25, -0.2) is 0 Å². The first-order valence-electron chi connectivity index (χ1n) is 8.76. The fourth-order valence-electron chi connectivity index (χ4n) is 3.04. The molecule has 0 saturated carbocycles. The van der Waals surface area contributed by atoms with E-state index in [0.29, 0.717) is 17.4 Å². The lowest BCUT2D eigenvalue weighted by atomic mass is 9.87. The molecule has 0 amide bonds. The van der Waals surface area contributed by atoms with Gasteiger partial charge in [0, 0.05) is 0 Å². The van der Waals surface area contributed by atoms with Crippen LogP contribution in [0.5, 0.6) is 11.5 Å². The Labute approximate surface area is 139 Å². The molecule has 124 valence electrons. The molecule has 0 spiro atoms. The maximum atomic E-state index is 9.50. The van der Waals surface area contributed by atoms with Crippen molar-refractivity contribution >= 4 is 0 Å². The van der Waals surface area contributed by atoms with E-state index < -0.39 is 0 Å². The Balaban J connectivity index is 2.01. The minimum absolute atomic E-state index is 0.314. The Morgan fingerprint density at radius 3 is 1.91 bits per heavy atom. The topological polar surface area (TPSA) is 40.5 Å². The average molecular weight is 312 g/mol. The minimum atomic E-state index is 0.314. The minimum Gasteiger partial charge on any atom is -0.508 e. The van der Waals surface area contributed by atoms with Crippen molar-refractivity contribution in [1.29, 1.82) is 0 Å². The molecule has 0 aromatic heterocycles. The molecule has 2 N–H and O–H groups in total.